The first-order valence-corrected chi connectivity index (χ1v) is 6.67. The van der Waals surface area contributed by atoms with E-state index in [0.29, 0.717) is 5.69 Å². The topological polar surface area (TPSA) is 89.5 Å². The van der Waals surface area contributed by atoms with Gasteiger partial charge in [0, 0.05) is 13.1 Å². The van der Waals surface area contributed by atoms with Gasteiger partial charge in [0.1, 0.15) is 5.69 Å². The highest BCUT2D eigenvalue weighted by atomic mass is 79.9. The summed E-state index contributed by atoms with van der Waals surface area (Å²) >= 11 is 3.11. The monoisotopic (exact) mass is 329 g/mol. The van der Waals surface area contributed by atoms with E-state index in [0.717, 1.165) is 38.4 Å². The summed E-state index contributed by atoms with van der Waals surface area (Å²) in [6.45, 7) is 1.48. The summed E-state index contributed by atoms with van der Waals surface area (Å²) in [7, 11) is 0. The van der Waals surface area contributed by atoms with Crippen molar-refractivity contribution < 1.29 is 9.85 Å². The predicted molar refractivity (Wildman–Crippen MR) is 73.5 cm³/mol. The van der Waals surface area contributed by atoms with Crippen LogP contribution in [0, 0.1) is 20.2 Å². The number of hydrogen-bond donors (Lipinski definition) is 0. The van der Waals surface area contributed by atoms with E-state index in [1.807, 2.05) is 4.90 Å². The van der Waals surface area contributed by atoms with Crippen molar-refractivity contribution >= 4 is 33.0 Å². The van der Waals surface area contributed by atoms with Crippen molar-refractivity contribution in [2.45, 2.75) is 19.3 Å². The fraction of sp³-hybridized carbons (Fsp3) is 0.455. The van der Waals surface area contributed by atoms with E-state index in [-0.39, 0.29) is 15.8 Å². The SMILES string of the molecule is O=[N+]([O-])c1cc([N+](=O)[O-])c(N2CCCCC2)cc1Br. The van der Waals surface area contributed by atoms with E-state index in [9.17, 15) is 20.2 Å². The van der Waals surface area contributed by atoms with Crippen molar-refractivity contribution in [1.82, 2.24) is 0 Å². The molecule has 0 spiro atoms. The van der Waals surface area contributed by atoms with E-state index >= 15 is 0 Å². The van der Waals surface area contributed by atoms with Crippen LogP contribution in [0.5, 0.6) is 0 Å². The Balaban J connectivity index is 2.49. The van der Waals surface area contributed by atoms with Gasteiger partial charge in [-0.3, -0.25) is 20.2 Å². The van der Waals surface area contributed by atoms with E-state index in [4.69, 9.17) is 0 Å². The molecule has 19 heavy (non-hydrogen) atoms. The maximum Gasteiger partial charge on any atom is 0.299 e. The summed E-state index contributed by atoms with van der Waals surface area (Å²) in [5.74, 6) is 0. The molecule has 0 aliphatic carbocycles. The minimum atomic E-state index is -0.628. The van der Waals surface area contributed by atoms with Gasteiger partial charge in [-0.25, -0.2) is 0 Å². The number of nitro benzene ring substituents is 2. The first-order valence-electron chi connectivity index (χ1n) is 5.88. The zero-order valence-corrected chi connectivity index (χ0v) is 11.6. The van der Waals surface area contributed by atoms with Gasteiger partial charge in [-0.2, -0.15) is 0 Å². The third kappa shape index (κ3) is 2.83. The molecule has 1 saturated heterocycles. The lowest BCUT2D eigenvalue weighted by atomic mass is 10.1. The summed E-state index contributed by atoms with van der Waals surface area (Å²) < 4.78 is 0.267. The molecular formula is C11H12BrN3O4. The molecule has 0 atom stereocenters. The Morgan fingerprint density at radius 2 is 1.58 bits per heavy atom. The van der Waals surface area contributed by atoms with Crippen LogP contribution in [0.3, 0.4) is 0 Å². The molecule has 2 rings (SSSR count). The highest BCUT2D eigenvalue weighted by Crippen LogP contribution is 2.38. The molecule has 1 fully saturated rings. The molecule has 0 saturated carbocycles. The van der Waals surface area contributed by atoms with Gasteiger partial charge in [0.25, 0.3) is 11.4 Å². The van der Waals surface area contributed by atoms with Gasteiger partial charge < -0.3 is 4.90 Å². The zero-order valence-electron chi connectivity index (χ0n) is 10.0. The van der Waals surface area contributed by atoms with Gasteiger partial charge in [0.15, 0.2) is 0 Å². The summed E-state index contributed by atoms with van der Waals surface area (Å²) in [4.78, 5) is 22.6. The zero-order chi connectivity index (χ0) is 14.0. The molecule has 1 aliphatic rings. The van der Waals surface area contributed by atoms with Crippen molar-refractivity contribution in [1.29, 1.82) is 0 Å². The fourth-order valence-electron chi connectivity index (χ4n) is 2.21. The number of benzene rings is 1. The van der Waals surface area contributed by atoms with E-state index in [2.05, 4.69) is 15.9 Å². The number of nitro groups is 2. The molecular weight excluding hydrogens is 318 g/mol. The fourth-order valence-corrected chi connectivity index (χ4v) is 2.69. The normalized spacial score (nSPS) is 15.3. The molecule has 0 radical (unpaired) electrons. The van der Waals surface area contributed by atoms with E-state index < -0.39 is 9.85 Å². The van der Waals surface area contributed by atoms with Crippen molar-refractivity contribution in [3.8, 4) is 0 Å². The first-order chi connectivity index (χ1) is 9.00. The molecule has 0 bridgehead atoms. The number of rotatable bonds is 3. The van der Waals surface area contributed by atoms with Crippen molar-refractivity contribution in [3.05, 3.63) is 36.8 Å². The molecule has 0 N–H and O–H groups in total. The average Bonchev–Trinajstić information content (AvgIpc) is 2.38. The van der Waals surface area contributed by atoms with Crippen LogP contribution < -0.4 is 4.90 Å². The number of anilines is 1. The maximum absolute atomic E-state index is 11.1. The van der Waals surface area contributed by atoms with Crippen molar-refractivity contribution in [2.75, 3.05) is 18.0 Å². The van der Waals surface area contributed by atoms with Gasteiger partial charge in [-0.1, -0.05) is 0 Å². The van der Waals surface area contributed by atoms with E-state index in [1.165, 1.54) is 6.07 Å². The molecule has 8 heteroatoms. The second kappa shape index (κ2) is 5.52. The van der Waals surface area contributed by atoms with Gasteiger partial charge in [-0.05, 0) is 41.3 Å². The Labute approximate surface area is 117 Å². The quantitative estimate of drug-likeness (QED) is 0.627. The van der Waals surface area contributed by atoms with Crippen LogP contribution in [0.25, 0.3) is 0 Å². The largest absolute Gasteiger partial charge is 0.366 e. The van der Waals surface area contributed by atoms with Gasteiger partial charge in [0.2, 0.25) is 0 Å². The number of piperidine rings is 1. The van der Waals surface area contributed by atoms with E-state index in [1.54, 1.807) is 0 Å². The third-order valence-corrected chi connectivity index (χ3v) is 3.77. The van der Waals surface area contributed by atoms with Crippen LogP contribution in [0.4, 0.5) is 17.1 Å². The van der Waals surface area contributed by atoms with Crippen molar-refractivity contribution in [3.63, 3.8) is 0 Å². The van der Waals surface area contributed by atoms with Gasteiger partial charge in [-0.15, -0.1) is 0 Å². The second-order valence-corrected chi connectivity index (χ2v) is 5.21. The molecule has 102 valence electrons. The Hall–Kier alpha value is -1.70. The van der Waals surface area contributed by atoms with Crippen LogP contribution in [0.1, 0.15) is 19.3 Å². The smallest absolute Gasteiger partial charge is 0.299 e. The van der Waals surface area contributed by atoms with Crippen LogP contribution in [0.2, 0.25) is 0 Å². The number of halogens is 1. The summed E-state index contributed by atoms with van der Waals surface area (Å²) in [6, 6.07) is 2.50. The third-order valence-electron chi connectivity index (χ3n) is 3.13. The Kier molecular flexibility index (Phi) is 3.98. The molecule has 0 aromatic heterocycles. The average molecular weight is 330 g/mol. The highest BCUT2D eigenvalue weighted by molar-refractivity contribution is 9.10. The molecule has 0 unspecified atom stereocenters. The molecule has 1 aromatic rings. The lowest BCUT2D eigenvalue weighted by molar-refractivity contribution is -0.394. The Morgan fingerprint density at radius 3 is 2.11 bits per heavy atom. The minimum absolute atomic E-state index is 0.211. The summed E-state index contributed by atoms with van der Waals surface area (Å²) in [5, 5.41) is 21.9. The summed E-state index contributed by atoms with van der Waals surface area (Å²) in [6.07, 6.45) is 3.07. The predicted octanol–water partition coefficient (Wildman–Crippen LogP) is 3.26. The Morgan fingerprint density at radius 1 is 1.00 bits per heavy atom. The standard InChI is InChI=1S/C11H12BrN3O4/c12-8-6-10(13-4-2-1-3-5-13)11(15(18)19)7-9(8)14(16)17/h6-7H,1-5H2. The molecule has 1 aliphatic heterocycles. The Bertz CT molecular complexity index is 529. The second-order valence-electron chi connectivity index (χ2n) is 4.35. The summed E-state index contributed by atoms with van der Waals surface area (Å²) in [5.41, 5.74) is -0.0496. The van der Waals surface area contributed by atoms with Gasteiger partial charge >= 0.3 is 0 Å². The number of nitrogens with zero attached hydrogens (tertiary/aromatic N) is 3. The van der Waals surface area contributed by atoms with Crippen molar-refractivity contribution in [2.24, 2.45) is 0 Å². The molecule has 1 heterocycles. The maximum atomic E-state index is 11.1. The molecule has 0 amide bonds. The van der Waals surface area contributed by atoms with Crippen LogP contribution in [-0.2, 0) is 0 Å². The van der Waals surface area contributed by atoms with Crippen LogP contribution in [-0.4, -0.2) is 22.9 Å². The van der Waals surface area contributed by atoms with Gasteiger partial charge in [0.05, 0.1) is 20.4 Å². The highest BCUT2D eigenvalue weighted by Gasteiger charge is 2.27. The lowest BCUT2D eigenvalue weighted by Crippen LogP contribution is -2.30. The number of hydrogen-bond acceptors (Lipinski definition) is 5. The molecule has 1 aromatic carbocycles. The minimum Gasteiger partial charge on any atom is -0.366 e. The van der Waals surface area contributed by atoms with Crippen LogP contribution >= 0.6 is 15.9 Å². The first kappa shape index (κ1) is 13.7. The lowest BCUT2D eigenvalue weighted by Gasteiger charge is -2.28. The van der Waals surface area contributed by atoms with Crippen LogP contribution in [0.15, 0.2) is 16.6 Å². The molecule has 7 nitrogen and oxygen atoms in total.